The molecule has 2 fully saturated rings. The predicted molar refractivity (Wildman–Crippen MR) is 83.5 cm³/mol. The molecule has 0 aromatic carbocycles. The summed E-state index contributed by atoms with van der Waals surface area (Å²) in [6.45, 7) is 3.23. The summed E-state index contributed by atoms with van der Waals surface area (Å²) in [5.41, 5.74) is 5.66. The van der Waals surface area contributed by atoms with Crippen LogP contribution in [0.1, 0.15) is 51.9 Å². The number of carbonyl (C=O) groups excluding carboxylic acids is 1. The fourth-order valence-electron chi connectivity index (χ4n) is 3.38. The minimum atomic E-state index is 0.227. The third-order valence-electron chi connectivity index (χ3n) is 4.47. The molecule has 0 bridgehead atoms. The first-order valence-corrected chi connectivity index (χ1v) is 8.20. The summed E-state index contributed by atoms with van der Waals surface area (Å²) in [5, 5.41) is 0. The van der Waals surface area contributed by atoms with E-state index < -0.39 is 0 Å². The average molecular weight is 298 g/mol. The molecule has 2 N–H and O–H groups in total. The Morgan fingerprint density at radius 1 is 1.35 bits per heavy atom. The smallest absolute Gasteiger partial charge is 0.223 e. The summed E-state index contributed by atoms with van der Waals surface area (Å²) in [6.07, 6.45) is 7.65. The maximum Gasteiger partial charge on any atom is 0.223 e. The molecule has 2 saturated carbocycles. The highest BCUT2D eigenvalue weighted by Gasteiger charge is 2.34. The van der Waals surface area contributed by atoms with Crippen LogP contribution in [-0.4, -0.2) is 41.1 Å². The lowest BCUT2D eigenvalue weighted by molar-refractivity contribution is -0.135. The zero-order valence-corrected chi connectivity index (χ0v) is 13.2. The van der Waals surface area contributed by atoms with Gasteiger partial charge in [-0.1, -0.05) is 25.1 Å². The molecular weight excluding hydrogens is 272 g/mol. The summed E-state index contributed by atoms with van der Waals surface area (Å²) in [7, 11) is 0. The molecule has 20 heavy (non-hydrogen) atoms. The summed E-state index contributed by atoms with van der Waals surface area (Å²) < 4.78 is 5.55. The van der Waals surface area contributed by atoms with Crippen molar-refractivity contribution in [1.82, 2.24) is 4.90 Å². The Balaban J connectivity index is 1.82. The van der Waals surface area contributed by atoms with Crippen molar-refractivity contribution in [2.75, 3.05) is 13.2 Å². The number of carbonyl (C=O) groups is 1. The molecule has 5 heteroatoms. The van der Waals surface area contributed by atoms with Gasteiger partial charge in [0.15, 0.2) is 0 Å². The van der Waals surface area contributed by atoms with Crippen LogP contribution >= 0.6 is 12.2 Å². The maximum atomic E-state index is 12.5. The monoisotopic (exact) mass is 298 g/mol. The predicted octanol–water partition coefficient (Wildman–Crippen LogP) is 2.25. The molecule has 0 aromatic heterocycles. The van der Waals surface area contributed by atoms with Gasteiger partial charge in [-0.3, -0.25) is 4.79 Å². The molecule has 0 aromatic rings. The summed E-state index contributed by atoms with van der Waals surface area (Å²) in [6, 6.07) is 0.353. The molecule has 0 radical (unpaired) electrons. The Bertz CT molecular complexity index is 350. The van der Waals surface area contributed by atoms with E-state index in [9.17, 15) is 4.79 Å². The van der Waals surface area contributed by atoms with Crippen molar-refractivity contribution < 1.29 is 9.53 Å². The van der Waals surface area contributed by atoms with E-state index in [0.717, 1.165) is 32.3 Å². The first-order chi connectivity index (χ1) is 9.60. The quantitative estimate of drug-likeness (QED) is 0.732. The third-order valence-corrected chi connectivity index (χ3v) is 4.60. The fourth-order valence-corrected chi connectivity index (χ4v) is 3.52. The van der Waals surface area contributed by atoms with Crippen LogP contribution < -0.4 is 5.73 Å². The normalized spacial score (nSPS) is 26.2. The Kier molecular flexibility index (Phi) is 5.78. The van der Waals surface area contributed by atoms with E-state index in [4.69, 9.17) is 22.7 Å². The summed E-state index contributed by atoms with van der Waals surface area (Å²) in [5.74, 6) is 0.707. The minimum Gasteiger partial charge on any atom is -0.392 e. The first-order valence-electron chi connectivity index (χ1n) is 7.79. The fraction of sp³-hybridized carbons (Fsp3) is 0.867. The van der Waals surface area contributed by atoms with Crippen LogP contribution in [0.15, 0.2) is 0 Å². The number of ether oxygens (including phenoxy) is 1. The van der Waals surface area contributed by atoms with E-state index in [-0.39, 0.29) is 5.91 Å². The van der Waals surface area contributed by atoms with Crippen molar-refractivity contribution in [3.63, 3.8) is 0 Å². The average Bonchev–Trinajstić information content (AvgIpc) is 2.86. The van der Waals surface area contributed by atoms with E-state index in [1.165, 1.54) is 12.8 Å². The Morgan fingerprint density at radius 3 is 2.55 bits per heavy atom. The number of hydrogen-bond donors (Lipinski definition) is 1. The molecule has 0 aliphatic heterocycles. The highest BCUT2D eigenvalue weighted by molar-refractivity contribution is 7.80. The lowest BCUT2D eigenvalue weighted by atomic mass is 9.79. The van der Waals surface area contributed by atoms with Gasteiger partial charge < -0.3 is 15.4 Å². The van der Waals surface area contributed by atoms with Gasteiger partial charge in [0.05, 0.1) is 17.6 Å². The van der Waals surface area contributed by atoms with Gasteiger partial charge in [-0.15, -0.1) is 0 Å². The van der Waals surface area contributed by atoms with Crippen molar-refractivity contribution in [2.24, 2.45) is 11.7 Å². The second-order valence-electron chi connectivity index (χ2n) is 6.05. The van der Waals surface area contributed by atoms with Crippen molar-refractivity contribution >= 4 is 23.1 Å². The molecule has 114 valence electrons. The lowest BCUT2D eigenvalue weighted by Gasteiger charge is -2.37. The molecule has 0 heterocycles. The number of amides is 1. The SMILES string of the molecule is CCOC1CC(CC(=O)N(CC(N)=S)C2CCCC2)C1. The molecule has 0 spiro atoms. The van der Waals surface area contributed by atoms with Gasteiger partial charge >= 0.3 is 0 Å². The van der Waals surface area contributed by atoms with E-state index in [0.29, 0.717) is 36.0 Å². The van der Waals surface area contributed by atoms with Crippen molar-refractivity contribution in [2.45, 2.75) is 64.0 Å². The molecule has 2 aliphatic carbocycles. The molecule has 4 nitrogen and oxygen atoms in total. The van der Waals surface area contributed by atoms with Gasteiger partial charge in [-0.2, -0.15) is 0 Å². The Labute approximate surface area is 127 Å². The molecule has 0 unspecified atom stereocenters. The van der Waals surface area contributed by atoms with Gasteiger partial charge in [-0.25, -0.2) is 0 Å². The van der Waals surface area contributed by atoms with Crippen LogP contribution in [0.2, 0.25) is 0 Å². The van der Waals surface area contributed by atoms with Gasteiger partial charge in [0.2, 0.25) is 5.91 Å². The van der Waals surface area contributed by atoms with Crippen LogP contribution in [0.5, 0.6) is 0 Å². The molecule has 2 aliphatic rings. The van der Waals surface area contributed by atoms with Gasteiger partial charge in [0.25, 0.3) is 0 Å². The van der Waals surface area contributed by atoms with E-state index >= 15 is 0 Å². The topological polar surface area (TPSA) is 55.6 Å². The number of nitrogens with two attached hydrogens (primary N) is 1. The summed E-state index contributed by atoms with van der Waals surface area (Å²) >= 11 is 5.00. The van der Waals surface area contributed by atoms with E-state index in [1.54, 1.807) is 0 Å². The zero-order chi connectivity index (χ0) is 14.5. The second kappa shape index (κ2) is 7.36. The van der Waals surface area contributed by atoms with Crippen LogP contribution in [0, 0.1) is 5.92 Å². The largest absolute Gasteiger partial charge is 0.392 e. The summed E-state index contributed by atoms with van der Waals surface area (Å²) in [4.78, 5) is 14.9. The van der Waals surface area contributed by atoms with Gasteiger partial charge in [0.1, 0.15) is 0 Å². The standard InChI is InChI=1S/C15H26N2O2S/c1-2-19-13-7-11(8-13)9-15(18)17(10-14(16)20)12-5-3-4-6-12/h11-13H,2-10H2,1H3,(H2,16,20). The molecule has 0 saturated heterocycles. The van der Waals surface area contributed by atoms with Crippen LogP contribution in [-0.2, 0) is 9.53 Å². The van der Waals surface area contributed by atoms with Crippen LogP contribution in [0.4, 0.5) is 0 Å². The van der Waals surface area contributed by atoms with Gasteiger partial charge in [-0.05, 0) is 38.5 Å². The minimum absolute atomic E-state index is 0.227. The lowest BCUT2D eigenvalue weighted by Crippen LogP contribution is -2.45. The first kappa shape index (κ1) is 15.7. The van der Waals surface area contributed by atoms with Crippen molar-refractivity contribution in [1.29, 1.82) is 0 Å². The Hall–Kier alpha value is -0.680. The second-order valence-corrected chi connectivity index (χ2v) is 6.57. The molecule has 0 atom stereocenters. The third kappa shape index (κ3) is 4.16. The number of hydrogen-bond acceptors (Lipinski definition) is 3. The van der Waals surface area contributed by atoms with Crippen molar-refractivity contribution in [3.05, 3.63) is 0 Å². The van der Waals surface area contributed by atoms with Crippen LogP contribution in [0.3, 0.4) is 0 Å². The highest BCUT2D eigenvalue weighted by Crippen LogP contribution is 2.34. The molecule has 1 amide bonds. The van der Waals surface area contributed by atoms with Crippen LogP contribution in [0.25, 0.3) is 0 Å². The van der Waals surface area contributed by atoms with Crippen molar-refractivity contribution in [3.8, 4) is 0 Å². The molecule has 2 rings (SSSR count). The van der Waals surface area contributed by atoms with E-state index in [2.05, 4.69) is 0 Å². The Morgan fingerprint density at radius 2 is 2.00 bits per heavy atom. The highest BCUT2D eigenvalue weighted by atomic mass is 32.1. The molecular formula is C15H26N2O2S. The maximum absolute atomic E-state index is 12.5. The van der Waals surface area contributed by atoms with E-state index in [1.807, 2.05) is 11.8 Å². The number of thiocarbonyl (C=S) groups is 1. The number of nitrogens with zero attached hydrogens (tertiary/aromatic N) is 1. The zero-order valence-electron chi connectivity index (χ0n) is 12.3. The number of rotatable bonds is 7. The van der Waals surface area contributed by atoms with Gasteiger partial charge in [0, 0.05) is 19.1 Å².